The molecule has 3 rings (SSSR count). The second-order valence-corrected chi connectivity index (χ2v) is 8.37. The van der Waals surface area contributed by atoms with E-state index in [-0.39, 0.29) is 17.7 Å². The molecule has 9 nitrogen and oxygen atoms in total. The average molecular weight is 469 g/mol. The first-order valence-corrected chi connectivity index (χ1v) is 11.3. The second kappa shape index (κ2) is 10.7. The van der Waals surface area contributed by atoms with Crippen LogP contribution in [0.25, 0.3) is 11.3 Å². The van der Waals surface area contributed by atoms with E-state index in [0.29, 0.717) is 22.6 Å². The molecule has 0 saturated heterocycles. The number of aliphatic carboxylic acids is 1. The number of aromatic nitrogens is 1. The zero-order valence-corrected chi connectivity index (χ0v) is 19.1. The molecule has 2 aromatic carbocycles. The Morgan fingerprint density at radius 2 is 1.55 bits per heavy atom. The molecule has 0 aliphatic heterocycles. The number of carbonyl (C=O) groups is 3. The van der Waals surface area contributed by atoms with E-state index in [1.807, 2.05) is 30.5 Å². The first kappa shape index (κ1) is 23.9. The number of hydrogen-bond acceptors (Lipinski definition) is 6. The van der Waals surface area contributed by atoms with Gasteiger partial charge in [-0.3, -0.25) is 4.79 Å². The topological polar surface area (TPSA) is 134 Å². The SMILES string of the molecule is CSc1ccc(NC(=O)Nc2ccc(-c3cc(C(=O)NC(C(=O)O)C(C)C)on3)cc2)cc1. The molecule has 1 aromatic heterocycles. The third kappa shape index (κ3) is 6.36. The quantitative estimate of drug-likeness (QED) is 0.356. The van der Waals surface area contributed by atoms with Crippen molar-refractivity contribution in [2.45, 2.75) is 24.8 Å². The van der Waals surface area contributed by atoms with Crippen LogP contribution in [0.1, 0.15) is 24.4 Å². The highest BCUT2D eigenvalue weighted by molar-refractivity contribution is 7.98. The lowest BCUT2D eigenvalue weighted by Gasteiger charge is -2.16. The molecule has 4 N–H and O–H groups in total. The van der Waals surface area contributed by atoms with Gasteiger partial charge in [-0.1, -0.05) is 31.1 Å². The Balaban J connectivity index is 1.60. The van der Waals surface area contributed by atoms with E-state index in [4.69, 9.17) is 4.52 Å². The Morgan fingerprint density at radius 3 is 2.06 bits per heavy atom. The highest BCUT2D eigenvalue weighted by Crippen LogP contribution is 2.22. The zero-order chi connectivity index (χ0) is 24.0. The van der Waals surface area contributed by atoms with E-state index in [1.165, 1.54) is 6.07 Å². The molecule has 0 fully saturated rings. The minimum atomic E-state index is -1.12. The molecular weight excluding hydrogens is 444 g/mol. The van der Waals surface area contributed by atoms with Crippen LogP contribution in [0.3, 0.4) is 0 Å². The third-order valence-electron chi connectivity index (χ3n) is 4.74. The Hall–Kier alpha value is -3.79. The Labute approximate surface area is 194 Å². The van der Waals surface area contributed by atoms with E-state index >= 15 is 0 Å². The van der Waals surface area contributed by atoms with Crippen molar-refractivity contribution in [2.24, 2.45) is 5.92 Å². The lowest BCUT2D eigenvalue weighted by atomic mass is 10.0. The monoisotopic (exact) mass is 468 g/mol. The smallest absolute Gasteiger partial charge is 0.326 e. The molecular formula is C23H24N4O5S. The number of amides is 3. The second-order valence-electron chi connectivity index (χ2n) is 7.49. The summed E-state index contributed by atoms with van der Waals surface area (Å²) < 4.78 is 5.08. The minimum Gasteiger partial charge on any atom is -0.480 e. The number of carbonyl (C=O) groups excluding carboxylic acids is 2. The van der Waals surface area contributed by atoms with Gasteiger partial charge in [0.1, 0.15) is 11.7 Å². The number of rotatable bonds is 8. The molecule has 1 heterocycles. The predicted octanol–water partition coefficient (Wildman–Crippen LogP) is 4.55. The van der Waals surface area contributed by atoms with Crippen LogP contribution in [0.15, 0.2) is 64.0 Å². The summed E-state index contributed by atoms with van der Waals surface area (Å²) in [7, 11) is 0. The molecule has 0 aliphatic rings. The van der Waals surface area contributed by atoms with Crippen molar-refractivity contribution in [3.63, 3.8) is 0 Å². The molecule has 3 aromatic rings. The van der Waals surface area contributed by atoms with Crippen molar-refractivity contribution < 1.29 is 24.0 Å². The molecule has 33 heavy (non-hydrogen) atoms. The summed E-state index contributed by atoms with van der Waals surface area (Å²) in [5, 5.41) is 21.0. The number of carboxylic acids is 1. The van der Waals surface area contributed by atoms with Crippen LogP contribution in [-0.4, -0.2) is 40.5 Å². The van der Waals surface area contributed by atoms with Gasteiger partial charge in [-0.05, 0) is 48.6 Å². The Kier molecular flexibility index (Phi) is 7.73. The van der Waals surface area contributed by atoms with Crippen molar-refractivity contribution in [3.05, 3.63) is 60.4 Å². The molecule has 1 atom stereocenters. The van der Waals surface area contributed by atoms with Crippen molar-refractivity contribution in [1.29, 1.82) is 0 Å². The van der Waals surface area contributed by atoms with Crippen molar-refractivity contribution in [2.75, 3.05) is 16.9 Å². The van der Waals surface area contributed by atoms with Crippen LogP contribution < -0.4 is 16.0 Å². The normalized spacial score (nSPS) is 11.6. The molecule has 0 saturated carbocycles. The van der Waals surface area contributed by atoms with E-state index in [9.17, 15) is 19.5 Å². The Bertz CT molecular complexity index is 1130. The largest absolute Gasteiger partial charge is 0.480 e. The summed E-state index contributed by atoms with van der Waals surface area (Å²) >= 11 is 1.62. The fourth-order valence-electron chi connectivity index (χ4n) is 2.94. The van der Waals surface area contributed by atoms with E-state index in [1.54, 1.807) is 49.9 Å². The summed E-state index contributed by atoms with van der Waals surface area (Å²) in [6.45, 7) is 3.39. The van der Waals surface area contributed by atoms with Crippen molar-refractivity contribution in [1.82, 2.24) is 10.5 Å². The van der Waals surface area contributed by atoms with Crippen LogP contribution >= 0.6 is 11.8 Å². The lowest BCUT2D eigenvalue weighted by molar-refractivity contribution is -0.140. The third-order valence-corrected chi connectivity index (χ3v) is 5.48. The van der Waals surface area contributed by atoms with Crippen LogP contribution in [0.5, 0.6) is 0 Å². The van der Waals surface area contributed by atoms with Gasteiger partial charge in [0.25, 0.3) is 5.91 Å². The molecule has 0 radical (unpaired) electrons. The highest BCUT2D eigenvalue weighted by atomic mass is 32.2. The average Bonchev–Trinajstić information content (AvgIpc) is 3.28. The molecule has 10 heteroatoms. The number of hydrogen-bond donors (Lipinski definition) is 4. The summed E-state index contributed by atoms with van der Waals surface area (Å²) in [5.41, 5.74) is 2.31. The maximum atomic E-state index is 12.3. The summed E-state index contributed by atoms with van der Waals surface area (Å²) in [6.07, 6.45) is 1.98. The predicted molar refractivity (Wildman–Crippen MR) is 127 cm³/mol. The fraction of sp³-hybridized carbons (Fsp3) is 0.217. The zero-order valence-electron chi connectivity index (χ0n) is 18.3. The summed E-state index contributed by atoms with van der Waals surface area (Å²) in [6, 6.07) is 14.3. The van der Waals surface area contributed by atoms with Gasteiger partial charge in [0, 0.05) is 27.9 Å². The molecule has 3 amide bonds. The number of carboxylic acid groups (broad SMARTS) is 1. The van der Waals surface area contributed by atoms with Crippen LogP contribution in [-0.2, 0) is 4.79 Å². The van der Waals surface area contributed by atoms with Crippen LogP contribution in [0.2, 0.25) is 0 Å². The maximum absolute atomic E-state index is 12.3. The van der Waals surface area contributed by atoms with Gasteiger partial charge >= 0.3 is 12.0 Å². The fourth-order valence-corrected chi connectivity index (χ4v) is 3.34. The first-order chi connectivity index (χ1) is 15.8. The lowest BCUT2D eigenvalue weighted by Crippen LogP contribution is -2.44. The summed E-state index contributed by atoms with van der Waals surface area (Å²) in [5.74, 6) is -2.16. The molecule has 172 valence electrons. The van der Waals surface area contributed by atoms with Gasteiger partial charge in [0.15, 0.2) is 0 Å². The number of urea groups is 1. The Morgan fingerprint density at radius 1 is 0.970 bits per heavy atom. The van der Waals surface area contributed by atoms with Gasteiger partial charge in [0.05, 0.1) is 0 Å². The maximum Gasteiger partial charge on any atom is 0.326 e. The van der Waals surface area contributed by atoms with Crippen molar-refractivity contribution >= 4 is 41.0 Å². The summed E-state index contributed by atoms with van der Waals surface area (Å²) in [4.78, 5) is 36.9. The number of nitrogens with zero attached hydrogens (tertiary/aromatic N) is 1. The van der Waals surface area contributed by atoms with Gasteiger partial charge in [0.2, 0.25) is 5.76 Å². The van der Waals surface area contributed by atoms with Gasteiger partial charge < -0.3 is 25.6 Å². The van der Waals surface area contributed by atoms with Gasteiger partial charge in [-0.15, -0.1) is 11.8 Å². The van der Waals surface area contributed by atoms with E-state index in [0.717, 1.165) is 4.90 Å². The number of anilines is 2. The van der Waals surface area contributed by atoms with E-state index in [2.05, 4.69) is 21.1 Å². The van der Waals surface area contributed by atoms with Crippen molar-refractivity contribution in [3.8, 4) is 11.3 Å². The molecule has 0 spiro atoms. The highest BCUT2D eigenvalue weighted by Gasteiger charge is 2.25. The molecule has 0 aliphatic carbocycles. The molecule has 1 unspecified atom stereocenters. The van der Waals surface area contributed by atoms with Gasteiger partial charge in [-0.2, -0.15) is 0 Å². The van der Waals surface area contributed by atoms with E-state index < -0.39 is 17.9 Å². The van der Waals surface area contributed by atoms with Gasteiger partial charge in [-0.25, -0.2) is 9.59 Å². The van der Waals surface area contributed by atoms with Crippen LogP contribution in [0, 0.1) is 5.92 Å². The standard InChI is InChI=1S/C23H24N4O5S/c1-13(2)20(22(29)30)26-21(28)19-12-18(27-32-19)14-4-6-15(7-5-14)24-23(31)25-16-8-10-17(33-3)11-9-16/h4-13,20H,1-3H3,(H,26,28)(H,29,30)(H2,24,25,31). The minimum absolute atomic E-state index is 0.0917. The van der Waals surface area contributed by atoms with Crippen LogP contribution in [0.4, 0.5) is 16.2 Å². The number of thioether (sulfide) groups is 1. The molecule has 0 bridgehead atoms. The first-order valence-electron chi connectivity index (χ1n) is 10.1. The number of nitrogens with one attached hydrogen (secondary N) is 3. The number of benzene rings is 2.